The quantitative estimate of drug-likeness (QED) is 0.566. The van der Waals surface area contributed by atoms with Crippen molar-refractivity contribution in [3.63, 3.8) is 0 Å². The van der Waals surface area contributed by atoms with E-state index in [1.807, 2.05) is 30.5 Å². The third-order valence-electron chi connectivity index (χ3n) is 6.36. The normalized spacial score (nSPS) is 22.9. The minimum Gasteiger partial charge on any atom is -0.497 e. The first-order chi connectivity index (χ1) is 15.7. The Kier molecular flexibility index (Phi) is 5.85. The van der Waals surface area contributed by atoms with Gasteiger partial charge in [0.1, 0.15) is 5.75 Å². The number of nitrogens with one attached hydrogen (secondary N) is 1. The van der Waals surface area contributed by atoms with Crippen LogP contribution in [-0.4, -0.2) is 45.9 Å². The summed E-state index contributed by atoms with van der Waals surface area (Å²) in [6.07, 6.45) is 4.21. The lowest BCUT2D eigenvalue weighted by molar-refractivity contribution is 0.0836. The lowest BCUT2D eigenvalue weighted by atomic mass is 10.0. The summed E-state index contributed by atoms with van der Waals surface area (Å²) in [6, 6.07) is 18.5. The van der Waals surface area contributed by atoms with E-state index < -0.39 is 0 Å². The van der Waals surface area contributed by atoms with Crippen LogP contribution >= 0.6 is 12.2 Å². The predicted octanol–water partition coefficient (Wildman–Crippen LogP) is 4.34. The van der Waals surface area contributed by atoms with Crippen LogP contribution in [0.4, 0.5) is 0 Å². The van der Waals surface area contributed by atoms with Crippen molar-refractivity contribution < 1.29 is 9.47 Å². The van der Waals surface area contributed by atoms with Crippen LogP contribution in [0.1, 0.15) is 42.0 Å². The van der Waals surface area contributed by atoms with Crippen molar-refractivity contribution in [2.24, 2.45) is 0 Å². The summed E-state index contributed by atoms with van der Waals surface area (Å²) in [5.41, 5.74) is 4.42. The molecular weight excluding hydrogens is 420 g/mol. The molecule has 2 fully saturated rings. The Bertz CT molecular complexity index is 1080. The lowest BCUT2D eigenvalue weighted by Gasteiger charge is -2.31. The molecule has 0 spiro atoms. The summed E-state index contributed by atoms with van der Waals surface area (Å²) in [5, 5.41) is 4.31. The summed E-state index contributed by atoms with van der Waals surface area (Å²) in [5.74, 6) is 0.843. The predicted molar refractivity (Wildman–Crippen MR) is 128 cm³/mol. The largest absolute Gasteiger partial charge is 0.497 e. The average Bonchev–Trinajstić information content (AvgIpc) is 3.55. The number of hydrogen-bond acceptors (Lipinski definition) is 4. The second-order valence-corrected chi connectivity index (χ2v) is 8.73. The Labute approximate surface area is 194 Å². The summed E-state index contributed by atoms with van der Waals surface area (Å²) < 4.78 is 13.6. The van der Waals surface area contributed by atoms with Gasteiger partial charge in [0.2, 0.25) is 0 Å². The lowest BCUT2D eigenvalue weighted by Crippen LogP contribution is -2.36. The third kappa shape index (κ3) is 3.87. The zero-order chi connectivity index (χ0) is 22.1. The van der Waals surface area contributed by atoms with Crippen molar-refractivity contribution in [3.8, 4) is 11.4 Å². The highest BCUT2D eigenvalue weighted by Gasteiger charge is 2.42. The molecule has 0 saturated carbocycles. The van der Waals surface area contributed by atoms with Gasteiger partial charge in [-0.05, 0) is 80.5 Å². The van der Waals surface area contributed by atoms with Crippen molar-refractivity contribution >= 4 is 17.3 Å². The molecule has 166 valence electrons. The van der Waals surface area contributed by atoms with Crippen LogP contribution in [0.15, 0.2) is 60.8 Å². The van der Waals surface area contributed by atoms with Crippen LogP contribution in [0.2, 0.25) is 0 Å². The molecule has 0 aliphatic carbocycles. The molecule has 0 amide bonds. The smallest absolute Gasteiger partial charge is 0.170 e. The highest BCUT2D eigenvalue weighted by atomic mass is 32.1. The van der Waals surface area contributed by atoms with E-state index in [1.54, 1.807) is 7.11 Å². The van der Waals surface area contributed by atoms with Gasteiger partial charge in [-0.15, -0.1) is 0 Å². The zero-order valence-electron chi connectivity index (χ0n) is 18.4. The Morgan fingerprint density at radius 2 is 2.00 bits per heavy atom. The molecule has 2 aliphatic heterocycles. The molecular formula is C25H28N4O2S. The van der Waals surface area contributed by atoms with Gasteiger partial charge in [0.25, 0.3) is 0 Å². The van der Waals surface area contributed by atoms with Gasteiger partial charge in [0.15, 0.2) is 5.11 Å². The number of hydrogen-bond donors (Lipinski definition) is 1. The monoisotopic (exact) mass is 448 g/mol. The number of aromatic nitrogens is 2. The summed E-state index contributed by atoms with van der Waals surface area (Å²) in [6.45, 7) is 3.73. The topological polar surface area (TPSA) is 51.5 Å². The molecule has 6 nitrogen and oxygen atoms in total. The van der Waals surface area contributed by atoms with Crippen molar-refractivity contribution in [1.29, 1.82) is 0 Å². The minimum atomic E-state index is -0.0450. The number of methoxy groups -OCH3 is 1. The van der Waals surface area contributed by atoms with Gasteiger partial charge in [0, 0.05) is 36.4 Å². The maximum Gasteiger partial charge on any atom is 0.170 e. The Balaban J connectivity index is 1.58. The maximum absolute atomic E-state index is 5.97. The minimum absolute atomic E-state index is 0.00241. The molecule has 0 bridgehead atoms. The van der Waals surface area contributed by atoms with E-state index in [9.17, 15) is 0 Å². The van der Waals surface area contributed by atoms with Gasteiger partial charge in [0.05, 0.1) is 31.0 Å². The molecule has 5 rings (SSSR count). The maximum atomic E-state index is 5.97. The van der Waals surface area contributed by atoms with Crippen LogP contribution in [0.25, 0.3) is 5.69 Å². The Morgan fingerprint density at radius 3 is 2.69 bits per heavy atom. The van der Waals surface area contributed by atoms with E-state index in [0.717, 1.165) is 48.2 Å². The first kappa shape index (κ1) is 21.0. The molecule has 0 radical (unpaired) electrons. The van der Waals surface area contributed by atoms with Crippen molar-refractivity contribution in [3.05, 3.63) is 77.9 Å². The fraction of sp³-hybridized carbons (Fsp3) is 0.360. The molecule has 32 heavy (non-hydrogen) atoms. The average molecular weight is 449 g/mol. The Morgan fingerprint density at radius 1 is 1.16 bits per heavy atom. The number of thiocarbonyl (C=S) groups is 1. The molecule has 3 atom stereocenters. The molecule has 2 aromatic heterocycles. The molecule has 2 saturated heterocycles. The van der Waals surface area contributed by atoms with Crippen LogP contribution in [-0.2, 0) is 4.74 Å². The van der Waals surface area contributed by atoms with E-state index in [1.165, 1.54) is 11.4 Å². The van der Waals surface area contributed by atoms with Gasteiger partial charge in [-0.25, -0.2) is 0 Å². The number of ether oxygens (including phenoxy) is 2. The summed E-state index contributed by atoms with van der Waals surface area (Å²) >= 11 is 5.83. The van der Waals surface area contributed by atoms with Gasteiger partial charge in [-0.1, -0.05) is 6.07 Å². The number of benzene rings is 1. The number of nitrogens with zero attached hydrogens (tertiary/aromatic N) is 3. The van der Waals surface area contributed by atoms with E-state index >= 15 is 0 Å². The van der Waals surface area contributed by atoms with Gasteiger partial charge in [-0.2, -0.15) is 0 Å². The number of rotatable bonds is 6. The van der Waals surface area contributed by atoms with Crippen molar-refractivity contribution in [2.75, 3.05) is 20.3 Å². The first-order valence-corrected chi connectivity index (χ1v) is 11.5. The number of pyridine rings is 1. The van der Waals surface area contributed by atoms with Gasteiger partial charge in [-0.3, -0.25) is 4.98 Å². The first-order valence-electron chi connectivity index (χ1n) is 11.1. The van der Waals surface area contributed by atoms with E-state index in [-0.39, 0.29) is 18.2 Å². The molecule has 2 aliphatic rings. The summed E-state index contributed by atoms with van der Waals surface area (Å²) in [7, 11) is 1.69. The SMILES string of the molecule is COc1ccc(-n2c(C)ccc2[C@@H]2[C@@H](c3ccccn3)NC(=S)N2C[C@@H]2CCCO2)cc1. The molecule has 7 heteroatoms. The second kappa shape index (κ2) is 8.92. The highest BCUT2D eigenvalue weighted by Crippen LogP contribution is 2.40. The molecule has 0 unspecified atom stereocenters. The highest BCUT2D eigenvalue weighted by molar-refractivity contribution is 7.80. The van der Waals surface area contributed by atoms with E-state index in [0.29, 0.717) is 0 Å². The van der Waals surface area contributed by atoms with Crippen LogP contribution in [0.5, 0.6) is 5.75 Å². The van der Waals surface area contributed by atoms with Crippen molar-refractivity contribution in [1.82, 2.24) is 19.8 Å². The standard InChI is InChI=1S/C25H28N4O2S/c1-17-8-13-22(29(17)18-9-11-19(30-2)12-10-18)24-23(21-7-3-4-14-26-21)27-25(32)28(24)16-20-6-5-15-31-20/h3-4,7-14,20,23-24H,5-6,15-16H2,1-2H3,(H,27,32)/t20-,23+,24+/m0/s1. The third-order valence-corrected chi connectivity index (χ3v) is 6.71. The fourth-order valence-corrected chi connectivity index (χ4v) is 5.12. The van der Waals surface area contributed by atoms with Crippen LogP contribution in [0, 0.1) is 6.92 Å². The fourth-order valence-electron chi connectivity index (χ4n) is 4.80. The molecule has 1 N–H and O–H groups in total. The Hall–Kier alpha value is -2.90. The molecule has 4 heterocycles. The van der Waals surface area contributed by atoms with Crippen LogP contribution < -0.4 is 10.1 Å². The molecule has 3 aromatic rings. The number of aryl methyl sites for hydroxylation is 1. The van der Waals surface area contributed by atoms with E-state index in [2.05, 4.69) is 57.0 Å². The van der Waals surface area contributed by atoms with Crippen molar-refractivity contribution in [2.45, 2.75) is 38.0 Å². The van der Waals surface area contributed by atoms with E-state index in [4.69, 9.17) is 21.7 Å². The van der Waals surface area contributed by atoms with Gasteiger partial charge >= 0.3 is 0 Å². The summed E-state index contributed by atoms with van der Waals surface area (Å²) in [4.78, 5) is 6.95. The zero-order valence-corrected chi connectivity index (χ0v) is 19.2. The second-order valence-electron chi connectivity index (χ2n) is 8.35. The van der Waals surface area contributed by atoms with Gasteiger partial charge < -0.3 is 24.3 Å². The van der Waals surface area contributed by atoms with Crippen LogP contribution in [0.3, 0.4) is 0 Å². The molecule has 1 aromatic carbocycles.